The summed E-state index contributed by atoms with van der Waals surface area (Å²) in [6, 6.07) is 9.11. The van der Waals surface area contributed by atoms with Gasteiger partial charge in [-0.3, -0.25) is 4.79 Å². The first-order valence-electron chi connectivity index (χ1n) is 11.2. The highest BCUT2D eigenvalue weighted by molar-refractivity contribution is 5.96. The Bertz CT molecular complexity index is 1240. The number of fused-ring (bicyclic) bond motifs is 2. The third-order valence-corrected chi connectivity index (χ3v) is 6.70. The maximum absolute atomic E-state index is 13.6. The average Bonchev–Trinajstić information content (AvgIpc) is 3.19. The van der Waals surface area contributed by atoms with Gasteiger partial charge in [0.25, 0.3) is 5.91 Å². The van der Waals surface area contributed by atoms with Crippen LogP contribution >= 0.6 is 0 Å². The van der Waals surface area contributed by atoms with Gasteiger partial charge in [-0.1, -0.05) is 6.07 Å². The lowest BCUT2D eigenvalue weighted by Gasteiger charge is -2.38. The van der Waals surface area contributed by atoms with Crippen molar-refractivity contribution in [1.82, 2.24) is 14.9 Å². The highest BCUT2D eigenvalue weighted by Crippen LogP contribution is 2.48. The van der Waals surface area contributed by atoms with Crippen LogP contribution in [0.15, 0.2) is 48.8 Å². The van der Waals surface area contributed by atoms with Gasteiger partial charge < -0.3 is 19.3 Å². The molecule has 9 heteroatoms. The number of rotatable bonds is 3. The van der Waals surface area contributed by atoms with Gasteiger partial charge in [-0.25, -0.2) is 18.7 Å². The molecule has 4 heterocycles. The minimum atomic E-state index is -0.656. The van der Waals surface area contributed by atoms with E-state index in [-0.39, 0.29) is 11.3 Å². The van der Waals surface area contributed by atoms with Crippen molar-refractivity contribution in [2.24, 2.45) is 0 Å². The van der Waals surface area contributed by atoms with Crippen LogP contribution in [0.1, 0.15) is 15.9 Å². The maximum atomic E-state index is 13.6. The SMILES string of the molecule is O=C(c1ccc2c(c1)N(c1ncc(-c3cc(F)cc(F)c3)cn1)CC21COC1)N1CCOCC1. The number of hydrogen-bond acceptors (Lipinski definition) is 6. The van der Waals surface area contributed by atoms with E-state index >= 15 is 0 Å². The molecular weight excluding hydrogens is 442 g/mol. The van der Waals surface area contributed by atoms with E-state index in [0.717, 1.165) is 17.3 Å². The molecule has 1 aromatic heterocycles. The largest absolute Gasteiger partial charge is 0.379 e. The second kappa shape index (κ2) is 8.11. The molecule has 3 aromatic rings. The Morgan fingerprint density at radius 3 is 2.26 bits per heavy atom. The summed E-state index contributed by atoms with van der Waals surface area (Å²) in [7, 11) is 0. The van der Waals surface area contributed by atoms with E-state index in [1.165, 1.54) is 12.1 Å². The summed E-state index contributed by atoms with van der Waals surface area (Å²) in [6.45, 7) is 4.04. The van der Waals surface area contributed by atoms with Crippen molar-refractivity contribution in [1.29, 1.82) is 0 Å². The summed E-state index contributed by atoms with van der Waals surface area (Å²) in [5, 5.41) is 0. The summed E-state index contributed by atoms with van der Waals surface area (Å²) < 4.78 is 38.2. The number of ether oxygens (including phenoxy) is 2. The standard InChI is InChI=1S/C25H22F2N4O3/c26-19-7-17(8-20(27)10-19)18-11-28-24(29-12-18)31-13-25(14-34-15-25)21-2-1-16(9-22(21)31)23(32)30-3-5-33-6-4-30/h1-2,7-12H,3-6,13-15H2. The third-order valence-electron chi connectivity index (χ3n) is 6.70. The number of morpholine rings is 1. The van der Waals surface area contributed by atoms with E-state index in [2.05, 4.69) is 9.97 Å². The number of hydrogen-bond donors (Lipinski definition) is 0. The Labute approximate surface area is 194 Å². The number of carbonyl (C=O) groups excluding carboxylic acids is 1. The maximum Gasteiger partial charge on any atom is 0.254 e. The molecule has 2 aromatic carbocycles. The van der Waals surface area contributed by atoms with Crippen LogP contribution in [0, 0.1) is 11.6 Å². The van der Waals surface area contributed by atoms with Gasteiger partial charge in [0.05, 0.1) is 31.8 Å². The fraction of sp³-hybridized carbons (Fsp3) is 0.320. The van der Waals surface area contributed by atoms with Crippen LogP contribution < -0.4 is 4.90 Å². The lowest BCUT2D eigenvalue weighted by atomic mass is 9.80. The lowest BCUT2D eigenvalue weighted by Crippen LogP contribution is -2.49. The Morgan fingerprint density at radius 2 is 1.62 bits per heavy atom. The van der Waals surface area contributed by atoms with Crippen molar-refractivity contribution in [3.05, 3.63) is 71.6 Å². The topological polar surface area (TPSA) is 67.8 Å². The van der Waals surface area contributed by atoms with Crippen LogP contribution in [0.3, 0.4) is 0 Å². The monoisotopic (exact) mass is 464 g/mol. The highest BCUT2D eigenvalue weighted by atomic mass is 19.1. The summed E-state index contributed by atoms with van der Waals surface area (Å²) in [6.07, 6.45) is 3.11. The van der Waals surface area contributed by atoms with Gasteiger partial charge in [0.15, 0.2) is 0 Å². The zero-order valence-electron chi connectivity index (χ0n) is 18.3. The number of benzene rings is 2. The van der Waals surface area contributed by atoms with E-state index in [1.807, 2.05) is 23.1 Å². The number of halogens is 2. The van der Waals surface area contributed by atoms with Crippen LogP contribution in [0.2, 0.25) is 0 Å². The minimum Gasteiger partial charge on any atom is -0.379 e. The van der Waals surface area contributed by atoms with Crippen molar-refractivity contribution in [2.75, 3.05) is 51.0 Å². The van der Waals surface area contributed by atoms with Crippen LogP contribution in [0.4, 0.5) is 20.4 Å². The van der Waals surface area contributed by atoms with Crippen molar-refractivity contribution in [3.8, 4) is 11.1 Å². The van der Waals surface area contributed by atoms with Crippen LogP contribution in [0.5, 0.6) is 0 Å². The van der Waals surface area contributed by atoms with Gasteiger partial charge in [0, 0.05) is 54.9 Å². The molecule has 3 aliphatic rings. The summed E-state index contributed by atoms with van der Waals surface area (Å²) in [5.74, 6) is -0.878. The van der Waals surface area contributed by atoms with Crippen molar-refractivity contribution >= 4 is 17.5 Å². The molecule has 34 heavy (non-hydrogen) atoms. The predicted octanol–water partition coefficient (Wildman–Crippen LogP) is 3.31. The number of anilines is 2. The molecule has 7 nitrogen and oxygen atoms in total. The zero-order chi connectivity index (χ0) is 23.3. The number of nitrogens with zero attached hydrogens (tertiary/aromatic N) is 4. The molecule has 1 spiro atoms. The quantitative estimate of drug-likeness (QED) is 0.593. The Hall–Kier alpha value is -3.43. The summed E-state index contributed by atoms with van der Waals surface area (Å²) in [5.41, 5.74) is 3.32. The first-order valence-corrected chi connectivity index (χ1v) is 11.2. The smallest absolute Gasteiger partial charge is 0.254 e. The number of carbonyl (C=O) groups is 1. The van der Waals surface area contributed by atoms with E-state index in [0.29, 0.717) is 68.7 Å². The molecule has 0 radical (unpaired) electrons. The average molecular weight is 464 g/mol. The van der Waals surface area contributed by atoms with Crippen molar-refractivity contribution < 1.29 is 23.0 Å². The van der Waals surface area contributed by atoms with Gasteiger partial charge in [0.2, 0.25) is 5.95 Å². The zero-order valence-corrected chi connectivity index (χ0v) is 18.3. The fourth-order valence-electron chi connectivity index (χ4n) is 4.86. The second-order valence-electron chi connectivity index (χ2n) is 8.93. The second-order valence-corrected chi connectivity index (χ2v) is 8.93. The predicted molar refractivity (Wildman–Crippen MR) is 120 cm³/mol. The number of amides is 1. The minimum absolute atomic E-state index is 0.0266. The molecule has 1 amide bonds. The molecule has 0 saturated carbocycles. The first kappa shape index (κ1) is 21.1. The van der Waals surface area contributed by atoms with Gasteiger partial charge in [0.1, 0.15) is 11.6 Å². The fourth-order valence-corrected chi connectivity index (χ4v) is 4.86. The van der Waals surface area contributed by atoms with Crippen LogP contribution in [0.25, 0.3) is 11.1 Å². The van der Waals surface area contributed by atoms with E-state index < -0.39 is 11.6 Å². The highest BCUT2D eigenvalue weighted by Gasteiger charge is 2.49. The molecule has 0 N–H and O–H groups in total. The lowest BCUT2D eigenvalue weighted by molar-refractivity contribution is -0.0507. The number of aromatic nitrogens is 2. The molecule has 0 unspecified atom stereocenters. The van der Waals surface area contributed by atoms with Crippen molar-refractivity contribution in [3.63, 3.8) is 0 Å². The summed E-state index contributed by atoms with van der Waals surface area (Å²) in [4.78, 5) is 25.9. The molecule has 3 aliphatic heterocycles. The van der Waals surface area contributed by atoms with E-state index in [9.17, 15) is 13.6 Å². The molecule has 0 bridgehead atoms. The van der Waals surface area contributed by atoms with E-state index in [1.54, 1.807) is 17.3 Å². The molecule has 2 fully saturated rings. The molecule has 2 saturated heterocycles. The van der Waals surface area contributed by atoms with Gasteiger partial charge in [-0.15, -0.1) is 0 Å². The normalized spacial score (nSPS) is 18.6. The molecule has 6 rings (SSSR count). The van der Waals surface area contributed by atoms with Gasteiger partial charge >= 0.3 is 0 Å². The molecule has 0 aliphatic carbocycles. The Balaban J connectivity index is 1.34. The summed E-state index contributed by atoms with van der Waals surface area (Å²) >= 11 is 0. The van der Waals surface area contributed by atoms with Crippen molar-refractivity contribution in [2.45, 2.75) is 5.41 Å². The van der Waals surface area contributed by atoms with Crippen LogP contribution in [-0.2, 0) is 14.9 Å². The van der Waals surface area contributed by atoms with Gasteiger partial charge in [-0.2, -0.15) is 0 Å². The Kier molecular flexibility index (Phi) is 5.04. The van der Waals surface area contributed by atoms with Gasteiger partial charge in [-0.05, 0) is 35.4 Å². The van der Waals surface area contributed by atoms with E-state index in [4.69, 9.17) is 9.47 Å². The molecule has 0 atom stereocenters. The molecular formula is C25H22F2N4O3. The Morgan fingerprint density at radius 1 is 0.912 bits per heavy atom. The molecule has 174 valence electrons. The van der Waals surface area contributed by atoms with Crippen LogP contribution in [-0.4, -0.2) is 66.8 Å². The third kappa shape index (κ3) is 3.52. The first-order chi connectivity index (χ1) is 16.5.